The quantitative estimate of drug-likeness (QED) is 0.350. The second-order valence-corrected chi connectivity index (χ2v) is 14.3. The van der Waals surface area contributed by atoms with Crippen molar-refractivity contribution in [2.24, 2.45) is 0 Å². The molecule has 0 spiro atoms. The fourth-order valence-electron chi connectivity index (χ4n) is 5.02. The minimum Gasteiger partial charge on any atom is -0.444 e. The van der Waals surface area contributed by atoms with Gasteiger partial charge in [0.2, 0.25) is 0 Å². The lowest BCUT2D eigenvalue weighted by Gasteiger charge is -2.45. The first-order valence-corrected chi connectivity index (χ1v) is 17.1. The Labute approximate surface area is 242 Å². The van der Waals surface area contributed by atoms with Gasteiger partial charge in [-0.3, -0.25) is 14.6 Å². The Morgan fingerprint density at radius 1 is 1.10 bits per heavy atom. The van der Waals surface area contributed by atoms with Gasteiger partial charge in [-0.2, -0.15) is 0 Å². The first-order chi connectivity index (χ1) is 19.0. The molecule has 2 aromatic carbocycles. The van der Waals surface area contributed by atoms with Crippen LogP contribution in [0, 0.1) is 0 Å². The van der Waals surface area contributed by atoms with Crippen LogP contribution < -0.4 is 0 Å². The summed E-state index contributed by atoms with van der Waals surface area (Å²) in [7, 11) is 0.329. The highest BCUT2D eigenvalue weighted by Gasteiger charge is 2.47. The molecule has 2 aromatic rings. The smallest absolute Gasteiger partial charge is 0.411 e. The zero-order valence-electron chi connectivity index (χ0n) is 24.3. The van der Waals surface area contributed by atoms with Crippen molar-refractivity contribution in [3.8, 4) is 0 Å². The van der Waals surface area contributed by atoms with Crippen molar-refractivity contribution in [3.05, 3.63) is 71.8 Å². The van der Waals surface area contributed by atoms with Gasteiger partial charge in [-0.25, -0.2) is 4.79 Å². The second kappa shape index (κ2) is 14.9. The molecular weight excluding hydrogens is 540 g/mol. The number of carbonyl (C=O) groups excluding carboxylic acids is 2. The molecule has 0 aromatic heterocycles. The lowest BCUT2D eigenvalue weighted by Crippen LogP contribution is -2.66. The molecule has 40 heavy (non-hydrogen) atoms. The average molecular weight is 585 g/mol. The zero-order chi connectivity index (χ0) is 29.3. The van der Waals surface area contributed by atoms with Gasteiger partial charge in [0.15, 0.2) is 6.29 Å². The van der Waals surface area contributed by atoms with Crippen LogP contribution in [0.15, 0.2) is 60.7 Å². The van der Waals surface area contributed by atoms with Gasteiger partial charge in [0.25, 0.3) is 5.91 Å². The SMILES string of the molecule is C=PCCC(C(O)C1C(=O)N(C[P+](=C)C)CCN1C(=O)OC(C)(C)C)N(Cc1ccccc1)Cc1ccccc1. The molecule has 4 unspecified atom stereocenters. The molecule has 0 aliphatic carbocycles. The van der Waals surface area contributed by atoms with Gasteiger partial charge in [-0.05, 0) is 44.5 Å². The van der Waals surface area contributed by atoms with Crippen LogP contribution in [0.2, 0.25) is 0 Å². The minimum absolute atomic E-state index is 0.251. The van der Waals surface area contributed by atoms with Crippen molar-refractivity contribution in [1.82, 2.24) is 14.7 Å². The number of hydrogen-bond donors (Lipinski definition) is 1. The van der Waals surface area contributed by atoms with Crippen molar-refractivity contribution in [3.63, 3.8) is 0 Å². The highest BCUT2D eigenvalue weighted by atomic mass is 31.1. The van der Waals surface area contributed by atoms with Crippen LogP contribution in [0.1, 0.15) is 38.3 Å². The Morgan fingerprint density at radius 3 is 2.12 bits per heavy atom. The monoisotopic (exact) mass is 584 g/mol. The summed E-state index contributed by atoms with van der Waals surface area (Å²) in [5.74, 6) is -0.251. The van der Waals surface area contributed by atoms with Crippen LogP contribution in [-0.2, 0) is 22.6 Å². The Hall–Kier alpha value is -2.56. The summed E-state index contributed by atoms with van der Waals surface area (Å²) in [4.78, 5) is 32.8. The molecule has 0 saturated carbocycles. The third kappa shape index (κ3) is 9.24. The summed E-state index contributed by atoms with van der Waals surface area (Å²) < 4.78 is 5.71. The Balaban J connectivity index is 2.03. The molecule has 4 atom stereocenters. The highest BCUT2D eigenvalue weighted by molar-refractivity contribution is 7.54. The number of piperazine rings is 1. The molecular formula is C31H44N3O4P2+. The van der Waals surface area contributed by atoms with Gasteiger partial charge in [-0.1, -0.05) is 67.0 Å². The summed E-state index contributed by atoms with van der Waals surface area (Å²) >= 11 is 0. The number of amides is 2. The molecule has 3 rings (SSSR count). The van der Waals surface area contributed by atoms with Crippen LogP contribution in [0.5, 0.6) is 0 Å². The number of aliphatic hydroxyl groups excluding tert-OH is 1. The Bertz CT molecular complexity index is 1100. The number of benzene rings is 2. The second-order valence-electron chi connectivity index (χ2n) is 11.4. The standard InChI is InChI=1S/C31H44N3O4P2/c1-31(2,3)38-30(37)34-19-18-32(23-40(5)6)29(36)27(34)28(35)26(17-20-39-4)33(21-24-13-9-7-10-14-24)22-25-15-11-8-12-16-25/h7-16,26-28,35H,4-5,17-23H2,1-3,6H3/q+1. The molecule has 0 radical (unpaired) electrons. The molecule has 1 fully saturated rings. The maximum absolute atomic E-state index is 14.0. The number of hydrogen-bond acceptors (Lipinski definition) is 5. The van der Waals surface area contributed by atoms with E-state index in [0.29, 0.717) is 38.9 Å². The van der Waals surface area contributed by atoms with Gasteiger partial charge in [0, 0.05) is 32.2 Å². The van der Waals surface area contributed by atoms with E-state index in [0.717, 1.165) is 25.5 Å². The molecule has 1 aliphatic rings. The molecule has 1 aliphatic heterocycles. The first kappa shape index (κ1) is 32.0. The van der Waals surface area contributed by atoms with Crippen molar-refractivity contribution < 1.29 is 19.4 Å². The summed E-state index contributed by atoms with van der Waals surface area (Å²) in [5, 5.41) is 12.2. The van der Waals surface area contributed by atoms with Crippen LogP contribution in [0.4, 0.5) is 4.79 Å². The predicted molar refractivity (Wildman–Crippen MR) is 169 cm³/mol. The molecule has 7 nitrogen and oxygen atoms in total. The van der Waals surface area contributed by atoms with Gasteiger partial charge in [-0.15, -0.1) is 8.20 Å². The normalized spacial score (nSPS) is 18.1. The van der Waals surface area contributed by atoms with E-state index in [1.54, 1.807) is 25.7 Å². The Morgan fingerprint density at radius 2 is 1.65 bits per heavy atom. The zero-order valence-corrected chi connectivity index (χ0v) is 26.1. The topological polar surface area (TPSA) is 73.3 Å². The van der Waals surface area contributed by atoms with Crippen LogP contribution in [0.25, 0.3) is 0 Å². The molecule has 9 heteroatoms. The maximum atomic E-state index is 14.0. The van der Waals surface area contributed by atoms with E-state index in [9.17, 15) is 14.7 Å². The molecule has 1 saturated heterocycles. The van der Waals surface area contributed by atoms with E-state index in [4.69, 9.17) is 4.74 Å². The molecule has 216 valence electrons. The minimum atomic E-state index is -1.13. The number of rotatable bonds is 12. The van der Waals surface area contributed by atoms with Crippen LogP contribution >= 0.6 is 15.7 Å². The molecule has 0 bridgehead atoms. The molecule has 2 amide bonds. The van der Waals surface area contributed by atoms with Gasteiger partial charge in [0.1, 0.15) is 19.2 Å². The maximum Gasteiger partial charge on any atom is 0.411 e. The lowest BCUT2D eigenvalue weighted by atomic mass is 9.94. The van der Waals surface area contributed by atoms with E-state index in [1.807, 2.05) is 43.1 Å². The van der Waals surface area contributed by atoms with Gasteiger partial charge >= 0.3 is 6.09 Å². The third-order valence-electron chi connectivity index (χ3n) is 6.78. The number of ether oxygens (including phenoxy) is 1. The Kier molecular flexibility index (Phi) is 11.9. The average Bonchev–Trinajstić information content (AvgIpc) is 2.89. The highest BCUT2D eigenvalue weighted by Crippen LogP contribution is 2.28. The van der Waals surface area contributed by atoms with Gasteiger partial charge in [0.05, 0.1) is 19.1 Å². The van der Waals surface area contributed by atoms with E-state index in [-0.39, 0.29) is 5.91 Å². The summed E-state index contributed by atoms with van der Waals surface area (Å²) in [6, 6.07) is 18.8. The number of aliphatic hydroxyl groups is 1. The summed E-state index contributed by atoms with van der Waals surface area (Å²) in [6.07, 6.45) is 8.31. The molecule has 1 N–H and O–H groups in total. The van der Waals surface area contributed by atoms with Gasteiger partial charge < -0.3 is 14.7 Å². The lowest BCUT2D eigenvalue weighted by molar-refractivity contribution is -0.148. The third-order valence-corrected chi connectivity index (χ3v) is 8.18. The van der Waals surface area contributed by atoms with Crippen molar-refractivity contribution in [2.75, 3.05) is 32.2 Å². The fraction of sp³-hybridized carbons (Fsp3) is 0.484. The van der Waals surface area contributed by atoms with Crippen molar-refractivity contribution >= 4 is 40.3 Å². The predicted octanol–water partition coefficient (Wildman–Crippen LogP) is 5.14. The first-order valence-electron chi connectivity index (χ1n) is 13.7. The number of carbonyl (C=O) groups is 2. The van der Waals surface area contributed by atoms with E-state index >= 15 is 0 Å². The number of nitrogens with zero attached hydrogens (tertiary/aromatic N) is 3. The summed E-state index contributed by atoms with van der Waals surface area (Å²) in [5.41, 5.74) is 1.49. The summed E-state index contributed by atoms with van der Waals surface area (Å²) in [6.45, 7) is 9.29. The van der Waals surface area contributed by atoms with E-state index in [1.165, 1.54) is 4.90 Å². The van der Waals surface area contributed by atoms with Crippen LogP contribution in [0.3, 0.4) is 0 Å². The van der Waals surface area contributed by atoms with Crippen molar-refractivity contribution in [2.45, 2.75) is 64.1 Å². The largest absolute Gasteiger partial charge is 0.444 e. The van der Waals surface area contributed by atoms with E-state index < -0.39 is 37.4 Å². The van der Waals surface area contributed by atoms with E-state index in [2.05, 4.69) is 41.8 Å². The fourth-order valence-corrected chi connectivity index (χ4v) is 6.33. The van der Waals surface area contributed by atoms with Crippen LogP contribution in [-0.4, -0.2) is 100 Å². The van der Waals surface area contributed by atoms with Crippen molar-refractivity contribution in [1.29, 1.82) is 0 Å². The molecule has 1 heterocycles.